The van der Waals surface area contributed by atoms with Gasteiger partial charge in [0, 0.05) is 25.3 Å². The first-order chi connectivity index (χ1) is 30.0. The number of benzene rings is 2. The number of hydrogen-bond acceptors (Lipinski definition) is 8. The summed E-state index contributed by atoms with van der Waals surface area (Å²) in [5.41, 5.74) is 0.0297. The molecule has 2 amide bonds. The molecule has 0 heterocycles. The number of carbonyl (C=O) groups excluding carboxylic acids is 2. The van der Waals surface area contributed by atoms with E-state index in [1.54, 1.807) is 0 Å². The average Bonchev–Trinajstić information content (AvgIpc) is 3.22. The highest BCUT2D eigenvalue weighted by Gasteiger charge is 2.95. The van der Waals surface area contributed by atoms with Crippen LogP contribution in [0.5, 0.6) is 11.5 Å². The van der Waals surface area contributed by atoms with Gasteiger partial charge in [-0.1, -0.05) is 39.8 Å². The summed E-state index contributed by atoms with van der Waals surface area (Å²) in [6, 6.07) is 10.0. The molecule has 0 aliphatic carbocycles. The molecule has 0 aromatic heterocycles. The summed E-state index contributed by atoms with van der Waals surface area (Å²) in [6.07, 6.45) is -11.9. The molecule has 0 saturated carbocycles. The lowest BCUT2D eigenvalue weighted by atomic mass is 9.88. The number of hydrogen-bond donors (Lipinski definition) is 3. The zero-order valence-electron chi connectivity index (χ0n) is 35.1. The third-order valence-electron chi connectivity index (χ3n) is 10.2. The van der Waals surface area contributed by atoms with Gasteiger partial charge in [-0.05, 0) is 65.2 Å². The van der Waals surface area contributed by atoms with Gasteiger partial charge in [-0.3, -0.25) is 15.3 Å². The van der Waals surface area contributed by atoms with E-state index in [1.165, 1.54) is 95.9 Å². The van der Waals surface area contributed by atoms with E-state index in [4.69, 9.17) is 28.6 Å². The van der Waals surface area contributed by atoms with Crippen LogP contribution in [0.2, 0.25) is 17.1 Å². The topological polar surface area (TPSA) is 125 Å². The van der Waals surface area contributed by atoms with Crippen LogP contribution in [-0.4, -0.2) is 107 Å². The normalized spacial score (nSPS) is 14.9. The highest BCUT2D eigenvalue weighted by atomic mass is 28.4. The Balaban J connectivity index is 2.32. The lowest BCUT2D eigenvalue weighted by Crippen LogP contribution is -2.74. The summed E-state index contributed by atoms with van der Waals surface area (Å²) < 4.78 is 263. The minimum atomic E-state index is -8.71. The Bertz CT molecular complexity index is 1930. The zero-order valence-corrected chi connectivity index (χ0v) is 36.1. The molecular weight excluding hydrogens is 963 g/mol. The number of methoxy groups -OCH3 is 2. The molecule has 2 aromatic carbocycles. The molecule has 2 aromatic rings. The largest absolute Gasteiger partial charge is 0.497 e. The van der Waals surface area contributed by atoms with E-state index in [-0.39, 0.29) is 17.0 Å². The van der Waals surface area contributed by atoms with Gasteiger partial charge in [0.1, 0.15) is 24.2 Å². The second kappa shape index (κ2) is 21.2. The van der Waals surface area contributed by atoms with Crippen molar-refractivity contribution in [2.24, 2.45) is 0 Å². The van der Waals surface area contributed by atoms with Gasteiger partial charge in [0.05, 0.1) is 13.7 Å². The first-order valence-electron chi connectivity index (χ1n) is 18.8. The molecule has 0 aliphatic heterocycles. The Morgan fingerprint density at radius 1 is 0.667 bits per heavy atom. The monoisotopic (exact) mass is 1010 g/mol. The van der Waals surface area contributed by atoms with Crippen LogP contribution in [-0.2, 0) is 18.7 Å². The molecule has 0 unspecified atom stereocenters. The van der Waals surface area contributed by atoms with Crippen LogP contribution < -0.4 is 20.3 Å². The van der Waals surface area contributed by atoms with Crippen LogP contribution in [0.4, 0.5) is 85.1 Å². The summed E-state index contributed by atoms with van der Waals surface area (Å²) in [6.45, 7) is 4.13. The highest BCUT2D eigenvalue weighted by Crippen LogP contribution is 2.64. The molecular formula is C38H43F17N2O8Si. The summed E-state index contributed by atoms with van der Waals surface area (Å²) in [5.74, 6) is -57.4. The smallest absolute Gasteiger partial charge is 0.460 e. The van der Waals surface area contributed by atoms with Crippen molar-refractivity contribution in [3.63, 3.8) is 0 Å². The van der Waals surface area contributed by atoms with Crippen molar-refractivity contribution in [1.82, 2.24) is 5.48 Å². The number of hydroxylamine groups is 1. The predicted octanol–water partition coefficient (Wildman–Crippen LogP) is 11.6. The third kappa shape index (κ3) is 11.6. The van der Waals surface area contributed by atoms with Gasteiger partial charge >= 0.3 is 53.7 Å². The van der Waals surface area contributed by atoms with E-state index in [1.807, 2.05) is 0 Å². The maximum Gasteiger partial charge on any atom is 0.460 e. The van der Waals surface area contributed by atoms with Crippen LogP contribution >= 0.6 is 0 Å². The van der Waals surface area contributed by atoms with Crippen molar-refractivity contribution in [3.8, 4) is 11.5 Å². The Hall–Kier alpha value is -4.57. The quantitative estimate of drug-likeness (QED) is 0.0237. The van der Waals surface area contributed by atoms with Crippen LogP contribution in [0, 0.1) is 0 Å². The van der Waals surface area contributed by atoms with E-state index in [9.17, 15) is 84.2 Å². The zero-order chi connectivity index (χ0) is 51.1. The minimum Gasteiger partial charge on any atom is -0.497 e. The van der Waals surface area contributed by atoms with Gasteiger partial charge in [-0.25, -0.2) is 10.3 Å². The second-order valence-electron chi connectivity index (χ2n) is 14.9. The molecule has 66 heavy (non-hydrogen) atoms. The van der Waals surface area contributed by atoms with Crippen molar-refractivity contribution >= 4 is 26.0 Å². The van der Waals surface area contributed by atoms with Crippen LogP contribution in [0.3, 0.4) is 0 Å². The second-order valence-corrected chi connectivity index (χ2v) is 19.9. The summed E-state index contributed by atoms with van der Waals surface area (Å²) in [7, 11) is -1.43. The molecule has 3 N–H and O–H groups in total. The number of carbonyl (C=O) groups is 2. The average molecular weight is 1010 g/mol. The van der Waals surface area contributed by atoms with Crippen LogP contribution in [0.1, 0.15) is 45.8 Å². The first kappa shape index (κ1) is 57.6. The SMILES string of the molecule is COc1ccc(NC(=O)O[C@@H](c2ccc(OCCO[Si](CCC(F)(F)C(F)(F)C(F)(F)C(F)(F)C(F)(F)C(F)(F)C(F)(F)C(F)(F)F)(C(C)C)C(C)C)cc2)[C@H](/C=C/C(=O)NO)OC)cc1. The molecule has 0 radical (unpaired) electrons. The minimum absolute atomic E-state index is 0.0408. The van der Waals surface area contributed by atoms with E-state index < -0.39 is 117 Å². The summed E-state index contributed by atoms with van der Waals surface area (Å²) in [5, 5.41) is 11.3. The van der Waals surface area contributed by atoms with Gasteiger partial charge in [0.25, 0.3) is 5.91 Å². The number of ether oxygens (including phenoxy) is 4. The number of alkyl halides is 17. The van der Waals surface area contributed by atoms with Gasteiger partial charge in [0.2, 0.25) is 0 Å². The Labute approximate surface area is 365 Å². The van der Waals surface area contributed by atoms with E-state index in [0.717, 1.165) is 12.2 Å². The molecule has 0 saturated heterocycles. The molecule has 0 spiro atoms. The van der Waals surface area contributed by atoms with Gasteiger partial charge in [-0.2, -0.15) is 74.6 Å². The highest BCUT2D eigenvalue weighted by molar-refractivity contribution is 6.76. The van der Waals surface area contributed by atoms with Crippen molar-refractivity contribution < 1.29 is 113 Å². The molecule has 376 valence electrons. The van der Waals surface area contributed by atoms with Crippen LogP contribution in [0.25, 0.3) is 0 Å². The van der Waals surface area contributed by atoms with Crippen molar-refractivity contribution in [2.45, 2.75) is 111 Å². The Morgan fingerprint density at radius 3 is 1.58 bits per heavy atom. The fourth-order valence-corrected chi connectivity index (χ4v) is 10.8. The molecule has 0 aliphatic rings. The molecule has 0 fully saturated rings. The number of amides is 2. The van der Waals surface area contributed by atoms with Gasteiger partial charge in [0.15, 0.2) is 14.4 Å². The number of halogens is 17. The lowest BCUT2D eigenvalue weighted by molar-refractivity contribution is -0.461. The lowest BCUT2D eigenvalue weighted by Gasteiger charge is -2.44. The molecule has 2 atom stereocenters. The number of rotatable bonds is 24. The number of anilines is 1. The van der Waals surface area contributed by atoms with E-state index in [2.05, 4.69) is 5.32 Å². The third-order valence-corrected chi connectivity index (χ3v) is 15.9. The fraction of sp³-hybridized carbons (Fsp3) is 0.579. The Kier molecular flexibility index (Phi) is 18.5. The standard InChI is InChI=1S/C38H43F17N2O8Si/c1-21(2)66(22(3)4,20-17-31(39,40)32(41,42)33(43,44)34(45,46)35(47,48)36(49,50)37(51,52)38(53,54)55)64-19-18-63-26-11-7-23(8-12-26)29(27(62-6)15-16-28(58)57-60)65-30(59)56-24-9-13-25(61-5)14-10-24/h7-16,21-22,27,29,60H,17-20H2,1-6H3,(H,56,59)(H,57,58)/b16-15+/t27-,29-/m0/s1. The molecule has 2 rings (SSSR count). The first-order valence-corrected chi connectivity index (χ1v) is 21.1. The fourth-order valence-electron chi connectivity index (χ4n) is 6.28. The van der Waals surface area contributed by atoms with E-state index >= 15 is 0 Å². The van der Waals surface area contributed by atoms with Gasteiger partial charge < -0.3 is 23.4 Å². The maximum absolute atomic E-state index is 15.0. The summed E-state index contributed by atoms with van der Waals surface area (Å²) in [4.78, 5) is 24.5. The van der Waals surface area contributed by atoms with Crippen molar-refractivity contribution in [2.75, 3.05) is 32.8 Å². The van der Waals surface area contributed by atoms with Crippen molar-refractivity contribution in [3.05, 3.63) is 66.2 Å². The molecule has 10 nitrogen and oxygen atoms in total. The Morgan fingerprint density at radius 2 is 1.14 bits per heavy atom. The van der Waals surface area contributed by atoms with E-state index in [0.29, 0.717) is 5.75 Å². The molecule has 0 bridgehead atoms. The van der Waals surface area contributed by atoms with Crippen LogP contribution in [0.15, 0.2) is 60.7 Å². The molecule has 28 heteroatoms. The van der Waals surface area contributed by atoms with Gasteiger partial charge in [-0.15, -0.1) is 0 Å². The maximum atomic E-state index is 15.0. The number of nitrogens with one attached hydrogen (secondary N) is 2. The van der Waals surface area contributed by atoms with Crippen molar-refractivity contribution in [1.29, 1.82) is 0 Å². The predicted molar refractivity (Wildman–Crippen MR) is 200 cm³/mol. The summed E-state index contributed by atoms with van der Waals surface area (Å²) >= 11 is 0.